The molecule has 0 atom stereocenters. The number of carboxylic acids is 1. The van der Waals surface area contributed by atoms with E-state index in [1.165, 1.54) is 48.4 Å². The van der Waals surface area contributed by atoms with Crippen LogP contribution in [0.5, 0.6) is 0 Å². The number of ether oxygens (including phenoxy) is 1. The normalized spacial score (nSPS) is 10.2. The zero-order valence-electron chi connectivity index (χ0n) is 12.6. The Hall–Kier alpha value is -3.09. The van der Waals surface area contributed by atoms with Gasteiger partial charge < -0.3 is 19.2 Å². The van der Waals surface area contributed by atoms with Crippen molar-refractivity contribution in [2.75, 3.05) is 14.2 Å². The maximum atomic E-state index is 12.3. The van der Waals surface area contributed by atoms with Crippen molar-refractivity contribution in [2.24, 2.45) is 0 Å². The first-order chi connectivity index (χ1) is 10.9. The molecule has 7 nitrogen and oxygen atoms in total. The Balaban J connectivity index is 2.06. The molecule has 1 aromatic carbocycles. The van der Waals surface area contributed by atoms with Crippen molar-refractivity contribution in [1.29, 1.82) is 0 Å². The third-order valence-electron chi connectivity index (χ3n) is 3.17. The number of hydrogen-bond acceptors (Lipinski definition) is 5. The molecular weight excluding hydrogens is 302 g/mol. The number of amides is 1. The zero-order valence-corrected chi connectivity index (χ0v) is 12.6. The van der Waals surface area contributed by atoms with Crippen molar-refractivity contribution in [2.45, 2.75) is 6.54 Å². The van der Waals surface area contributed by atoms with Crippen LogP contribution < -0.4 is 0 Å². The number of carboxylic acid groups (broad SMARTS) is 1. The first-order valence-electron chi connectivity index (χ1n) is 6.68. The van der Waals surface area contributed by atoms with Crippen LogP contribution in [-0.4, -0.2) is 42.0 Å². The smallest absolute Gasteiger partial charge is 0.371 e. The van der Waals surface area contributed by atoms with Crippen molar-refractivity contribution in [1.82, 2.24) is 4.90 Å². The summed E-state index contributed by atoms with van der Waals surface area (Å²) in [6, 6.07) is 8.89. The number of furan rings is 1. The molecule has 2 rings (SSSR count). The molecule has 7 heteroatoms. The highest BCUT2D eigenvalue weighted by atomic mass is 16.5. The van der Waals surface area contributed by atoms with E-state index in [4.69, 9.17) is 9.52 Å². The molecular formula is C16H15NO6. The number of carbonyl (C=O) groups excluding carboxylic acids is 2. The molecule has 1 aromatic heterocycles. The van der Waals surface area contributed by atoms with Crippen molar-refractivity contribution in [3.63, 3.8) is 0 Å². The molecule has 120 valence electrons. The fourth-order valence-corrected chi connectivity index (χ4v) is 1.97. The minimum Gasteiger partial charge on any atom is -0.475 e. The van der Waals surface area contributed by atoms with Crippen molar-refractivity contribution in [3.8, 4) is 0 Å². The van der Waals surface area contributed by atoms with E-state index in [0.717, 1.165) is 0 Å². The third kappa shape index (κ3) is 3.76. The second kappa shape index (κ2) is 6.78. The van der Waals surface area contributed by atoms with Gasteiger partial charge in [0.05, 0.1) is 19.2 Å². The number of benzene rings is 1. The lowest BCUT2D eigenvalue weighted by Gasteiger charge is -2.15. The van der Waals surface area contributed by atoms with E-state index in [-0.39, 0.29) is 18.2 Å². The van der Waals surface area contributed by atoms with Crippen LogP contribution >= 0.6 is 0 Å². The van der Waals surface area contributed by atoms with E-state index in [1.54, 1.807) is 7.05 Å². The van der Waals surface area contributed by atoms with Gasteiger partial charge in [0, 0.05) is 12.6 Å². The van der Waals surface area contributed by atoms with E-state index >= 15 is 0 Å². The molecule has 0 saturated carbocycles. The summed E-state index contributed by atoms with van der Waals surface area (Å²) >= 11 is 0. The molecule has 0 aliphatic carbocycles. The first-order valence-corrected chi connectivity index (χ1v) is 6.68. The Morgan fingerprint density at radius 3 is 2.22 bits per heavy atom. The molecule has 0 radical (unpaired) electrons. The van der Waals surface area contributed by atoms with E-state index in [0.29, 0.717) is 16.9 Å². The summed E-state index contributed by atoms with van der Waals surface area (Å²) in [4.78, 5) is 35.8. The molecule has 23 heavy (non-hydrogen) atoms. The van der Waals surface area contributed by atoms with E-state index in [9.17, 15) is 14.4 Å². The second-order valence-corrected chi connectivity index (χ2v) is 4.80. The van der Waals surface area contributed by atoms with Crippen LogP contribution in [0.3, 0.4) is 0 Å². The van der Waals surface area contributed by atoms with Crippen LogP contribution in [0.2, 0.25) is 0 Å². The lowest BCUT2D eigenvalue weighted by Crippen LogP contribution is -2.26. The summed E-state index contributed by atoms with van der Waals surface area (Å²) in [7, 11) is 2.85. The number of aromatic carboxylic acids is 1. The van der Waals surface area contributed by atoms with Gasteiger partial charge in [-0.3, -0.25) is 4.79 Å². The van der Waals surface area contributed by atoms with Gasteiger partial charge in [0.2, 0.25) is 5.76 Å². The Labute approximate surface area is 132 Å². The Morgan fingerprint density at radius 1 is 1.09 bits per heavy atom. The Kier molecular flexibility index (Phi) is 4.80. The lowest BCUT2D eigenvalue weighted by atomic mass is 10.1. The maximum absolute atomic E-state index is 12.3. The summed E-state index contributed by atoms with van der Waals surface area (Å²) in [5.41, 5.74) is 0.744. The highest BCUT2D eigenvalue weighted by Gasteiger charge is 2.16. The number of methoxy groups -OCH3 is 1. The molecule has 2 aromatic rings. The number of nitrogens with zero attached hydrogens (tertiary/aromatic N) is 1. The molecule has 1 heterocycles. The fourth-order valence-electron chi connectivity index (χ4n) is 1.97. The fraction of sp³-hybridized carbons (Fsp3) is 0.188. The molecule has 0 bridgehead atoms. The van der Waals surface area contributed by atoms with Gasteiger partial charge in [0.1, 0.15) is 5.76 Å². The zero-order chi connectivity index (χ0) is 17.0. The molecule has 1 N–H and O–H groups in total. The predicted octanol–water partition coefficient (Wildman–Crippen LogP) is 2.04. The molecule has 0 saturated heterocycles. The Bertz CT molecular complexity index is 731. The van der Waals surface area contributed by atoms with Gasteiger partial charge in [-0.25, -0.2) is 9.59 Å². The molecule has 0 spiro atoms. The summed E-state index contributed by atoms with van der Waals surface area (Å²) < 4.78 is 9.70. The lowest BCUT2D eigenvalue weighted by molar-refractivity contribution is 0.0598. The third-order valence-corrected chi connectivity index (χ3v) is 3.17. The van der Waals surface area contributed by atoms with Gasteiger partial charge >= 0.3 is 11.9 Å². The van der Waals surface area contributed by atoms with Gasteiger partial charge in [-0.15, -0.1) is 0 Å². The summed E-state index contributed by atoms with van der Waals surface area (Å²) in [6.07, 6.45) is 0. The van der Waals surface area contributed by atoms with Gasteiger partial charge in [-0.1, -0.05) is 0 Å². The Morgan fingerprint density at radius 2 is 1.70 bits per heavy atom. The van der Waals surface area contributed by atoms with Gasteiger partial charge in [-0.05, 0) is 36.4 Å². The molecule has 1 amide bonds. The predicted molar refractivity (Wildman–Crippen MR) is 79.2 cm³/mol. The summed E-state index contributed by atoms with van der Waals surface area (Å²) in [6.45, 7) is 0.130. The quantitative estimate of drug-likeness (QED) is 0.848. The molecule has 0 fully saturated rings. The van der Waals surface area contributed by atoms with Gasteiger partial charge in [0.15, 0.2) is 0 Å². The van der Waals surface area contributed by atoms with Crippen LogP contribution in [0.1, 0.15) is 37.0 Å². The SMILES string of the molecule is COC(=O)c1ccc(C(=O)N(C)Cc2ccc(C(=O)O)o2)cc1. The molecule has 0 aliphatic heterocycles. The molecule has 0 aliphatic rings. The van der Waals surface area contributed by atoms with Crippen molar-refractivity contribution >= 4 is 17.8 Å². The minimum absolute atomic E-state index is 0.130. The van der Waals surface area contributed by atoms with E-state index < -0.39 is 11.9 Å². The first kappa shape index (κ1) is 16.3. The number of rotatable bonds is 5. The summed E-state index contributed by atoms with van der Waals surface area (Å²) in [5.74, 6) is -1.74. The van der Waals surface area contributed by atoms with Crippen molar-refractivity contribution < 1.29 is 28.6 Å². The van der Waals surface area contributed by atoms with E-state index in [1.807, 2.05) is 0 Å². The second-order valence-electron chi connectivity index (χ2n) is 4.80. The van der Waals surface area contributed by atoms with Crippen LogP contribution in [0, 0.1) is 0 Å². The molecule has 0 unspecified atom stereocenters. The number of hydrogen-bond donors (Lipinski definition) is 1. The van der Waals surface area contributed by atoms with Crippen LogP contribution in [-0.2, 0) is 11.3 Å². The number of esters is 1. The van der Waals surface area contributed by atoms with Gasteiger partial charge in [0.25, 0.3) is 5.91 Å². The van der Waals surface area contributed by atoms with Gasteiger partial charge in [-0.2, -0.15) is 0 Å². The van der Waals surface area contributed by atoms with Crippen LogP contribution in [0.4, 0.5) is 0 Å². The average molecular weight is 317 g/mol. The maximum Gasteiger partial charge on any atom is 0.371 e. The highest BCUT2D eigenvalue weighted by Crippen LogP contribution is 2.13. The topological polar surface area (TPSA) is 97.1 Å². The van der Waals surface area contributed by atoms with Crippen LogP contribution in [0.25, 0.3) is 0 Å². The largest absolute Gasteiger partial charge is 0.475 e. The monoisotopic (exact) mass is 317 g/mol. The standard InChI is InChI=1S/C16H15NO6/c1-17(9-12-7-8-13(23-12)15(19)20)14(18)10-3-5-11(6-4-10)16(21)22-2/h3-8H,9H2,1-2H3,(H,19,20). The summed E-state index contributed by atoms with van der Waals surface area (Å²) in [5, 5.41) is 8.80. The number of carbonyl (C=O) groups is 3. The van der Waals surface area contributed by atoms with E-state index in [2.05, 4.69) is 4.74 Å². The van der Waals surface area contributed by atoms with Crippen molar-refractivity contribution in [3.05, 3.63) is 59.0 Å². The average Bonchev–Trinajstić information content (AvgIpc) is 3.02. The highest BCUT2D eigenvalue weighted by molar-refractivity contribution is 5.96. The minimum atomic E-state index is -1.16. The van der Waals surface area contributed by atoms with Crippen LogP contribution in [0.15, 0.2) is 40.8 Å².